The molecule has 2 heterocycles. The molecule has 2 atom stereocenters. The lowest BCUT2D eigenvalue weighted by Crippen LogP contribution is -2.41. The number of benzene rings is 1. The monoisotopic (exact) mass is 319 g/mol. The Balaban J connectivity index is 1.79. The summed E-state index contributed by atoms with van der Waals surface area (Å²) in [5.41, 5.74) is -0.0990. The fourth-order valence-electron chi connectivity index (χ4n) is 3.51. The first-order valence-corrected chi connectivity index (χ1v) is 7.80. The lowest BCUT2D eigenvalue weighted by Gasteiger charge is -2.29. The molecule has 1 saturated heterocycles. The quantitative estimate of drug-likeness (QED) is 0.910. The molecule has 1 N–H and O–H groups in total. The second kappa shape index (κ2) is 6.20. The van der Waals surface area contributed by atoms with Crippen molar-refractivity contribution in [1.82, 2.24) is 4.90 Å². The molecule has 0 radical (unpaired) electrons. The Bertz CT molecular complexity index is 617. The summed E-state index contributed by atoms with van der Waals surface area (Å²) in [5.74, 6) is -0.424. The zero-order chi connectivity index (χ0) is 16.4. The number of carboxylic acids is 1. The summed E-state index contributed by atoms with van der Waals surface area (Å²) in [5, 5.41) is 9.52. The largest absolute Gasteiger partial charge is 0.493 e. The fourth-order valence-corrected chi connectivity index (χ4v) is 3.51. The minimum absolute atomic E-state index is 0.0139. The van der Waals surface area contributed by atoms with Crippen molar-refractivity contribution in [2.75, 3.05) is 33.4 Å². The SMILES string of the molecule is COCC1(C(=O)O)CCN(C(=O)C2CCOc3ccccc32)C1. The zero-order valence-electron chi connectivity index (χ0n) is 13.2. The van der Waals surface area contributed by atoms with Gasteiger partial charge in [-0.3, -0.25) is 9.59 Å². The maximum Gasteiger partial charge on any atom is 0.313 e. The number of fused-ring (bicyclic) bond motifs is 1. The highest BCUT2D eigenvalue weighted by Gasteiger charge is 2.47. The molecule has 2 unspecified atom stereocenters. The van der Waals surface area contributed by atoms with Crippen LogP contribution >= 0.6 is 0 Å². The van der Waals surface area contributed by atoms with Gasteiger partial charge in [0.2, 0.25) is 5.91 Å². The molecule has 23 heavy (non-hydrogen) atoms. The molecule has 6 heteroatoms. The van der Waals surface area contributed by atoms with E-state index in [4.69, 9.17) is 9.47 Å². The zero-order valence-corrected chi connectivity index (χ0v) is 13.2. The van der Waals surface area contributed by atoms with E-state index in [9.17, 15) is 14.7 Å². The van der Waals surface area contributed by atoms with E-state index in [-0.39, 0.29) is 25.0 Å². The Morgan fingerprint density at radius 1 is 1.43 bits per heavy atom. The number of para-hydroxylation sites is 1. The number of hydrogen-bond acceptors (Lipinski definition) is 4. The van der Waals surface area contributed by atoms with Crippen LogP contribution in [0.15, 0.2) is 24.3 Å². The Kier molecular flexibility index (Phi) is 4.26. The molecule has 2 aliphatic heterocycles. The third kappa shape index (κ3) is 2.79. The molecule has 2 aliphatic rings. The number of ether oxygens (including phenoxy) is 2. The number of aliphatic carboxylic acids is 1. The van der Waals surface area contributed by atoms with Gasteiger partial charge in [-0.2, -0.15) is 0 Å². The smallest absolute Gasteiger partial charge is 0.313 e. The van der Waals surface area contributed by atoms with E-state index in [2.05, 4.69) is 0 Å². The molecule has 0 spiro atoms. The molecule has 1 aromatic rings. The van der Waals surface area contributed by atoms with Gasteiger partial charge >= 0.3 is 5.97 Å². The molecule has 1 fully saturated rings. The molecule has 0 aliphatic carbocycles. The summed E-state index contributed by atoms with van der Waals surface area (Å²) in [7, 11) is 1.49. The van der Waals surface area contributed by atoms with Gasteiger partial charge in [0.1, 0.15) is 11.2 Å². The normalized spacial score (nSPS) is 26.5. The number of amides is 1. The molecule has 1 amide bonds. The van der Waals surface area contributed by atoms with Crippen molar-refractivity contribution in [1.29, 1.82) is 0 Å². The van der Waals surface area contributed by atoms with Gasteiger partial charge in [0, 0.05) is 25.8 Å². The van der Waals surface area contributed by atoms with Crippen LogP contribution in [0, 0.1) is 5.41 Å². The standard InChI is InChI=1S/C17H21NO5/c1-22-11-17(16(20)21)7-8-18(10-17)15(19)13-6-9-23-14-5-3-2-4-12(13)14/h2-5,13H,6-11H2,1H3,(H,20,21). The Hall–Kier alpha value is -2.08. The van der Waals surface area contributed by atoms with Crippen LogP contribution < -0.4 is 4.74 Å². The Labute approximate surface area is 135 Å². The number of methoxy groups -OCH3 is 1. The molecular weight excluding hydrogens is 298 g/mol. The van der Waals surface area contributed by atoms with Gasteiger partial charge in [0.15, 0.2) is 0 Å². The molecule has 0 aromatic heterocycles. The average Bonchev–Trinajstić information content (AvgIpc) is 3.00. The number of carbonyl (C=O) groups is 2. The summed E-state index contributed by atoms with van der Waals surface area (Å²) < 4.78 is 10.7. The van der Waals surface area contributed by atoms with E-state index in [0.29, 0.717) is 26.0 Å². The molecule has 3 rings (SSSR count). The summed E-state index contributed by atoms with van der Waals surface area (Å²) in [6.45, 7) is 1.28. The summed E-state index contributed by atoms with van der Waals surface area (Å²) in [4.78, 5) is 26.2. The first-order valence-electron chi connectivity index (χ1n) is 7.80. The number of carboxylic acid groups (broad SMARTS) is 1. The second-order valence-corrected chi connectivity index (χ2v) is 6.26. The van der Waals surface area contributed by atoms with Crippen LogP contribution in [0.2, 0.25) is 0 Å². The second-order valence-electron chi connectivity index (χ2n) is 6.26. The van der Waals surface area contributed by atoms with Crippen molar-refractivity contribution in [3.05, 3.63) is 29.8 Å². The van der Waals surface area contributed by atoms with E-state index in [1.54, 1.807) is 4.90 Å². The number of carbonyl (C=O) groups excluding carboxylic acids is 1. The Morgan fingerprint density at radius 2 is 2.22 bits per heavy atom. The van der Waals surface area contributed by atoms with Crippen molar-refractivity contribution in [2.45, 2.75) is 18.8 Å². The van der Waals surface area contributed by atoms with E-state index < -0.39 is 11.4 Å². The van der Waals surface area contributed by atoms with E-state index in [0.717, 1.165) is 11.3 Å². The van der Waals surface area contributed by atoms with Gasteiger partial charge in [-0.05, 0) is 18.9 Å². The Morgan fingerprint density at radius 3 is 2.96 bits per heavy atom. The van der Waals surface area contributed by atoms with Crippen molar-refractivity contribution in [3.8, 4) is 5.75 Å². The number of likely N-dealkylation sites (tertiary alicyclic amines) is 1. The van der Waals surface area contributed by atoms with Crippen LogP contribution in [0.25, 0.3) is 0 Å². The van der Waals surface area contributed by atoms with Crippen LogP contribution in [-0.2, 0) is 14.3 Å². The molecule has 0 bridgehead atoms. The first kappa shape index (κ1) is 15.8. The lowest BCUT2D eigenvalue weighted by atomic mass is 9.88. The molecular formula is C17H21NO5. The van der Waals surface area contributed by atoms with Crippen molar-refractivity contribution < 1.29 is 24.2 Å². The van der Waals surface area contributed by atoms with Gasteiger partial charge in [0.25, 0.3) is 0 Å². The van der Waals surface area contributed by atoms with Crippen LogP contribution in [0.3, 0.4) is 0 Å². The highest BCUT2D eigenvalue weighted by molar-refractivity contribution is 5.86. The van der Waals surface area contributed by atoms with E-state index in [1.165, 1.54) is 7.11 Å². The highest BCUT2D eigenvalue weighted by Crippen LogP contribution is 2.38. The minimum Gasteiger partial charge on any atom is -0.493 e. The summed E-state index contributed by atoms with van der Waals surface area (Å²) in [6, 6.07) is 7.55. The predicted molar refractivity (Wildman–Crippen MR) is 82.4 cm³/mol. The van der Waals surface area contributed by atoms with Crippen LogP contribution in [0.5, 0.6) is 5.75 Å². The van der Waals surface area contributed by atoms with Crippen LogP contribution in [-0.4, -0.2) is 55.3 Å². The van der Waals surface area contributed by atoms with Gasteiger partial charge in [-0.1, -0.05) is 18.2 Å². The highest BCUT2D eigenvalue weighted by atomic mass is 16.5. The molecule has 1 aromatic carbocycles. The number of rotatable bonds is 4. The van der Waals surface area contributed by atoms with Gasteiger partial charge < -0.3 is 19.5 Å². The van der Waals surface area contributed by atoms with Gasteiger partial charge in [-0.15, -0.1) is 0 Å². The first-order chi connectivity index (χ1) is 11.1. The van der Waals surface area contributed by atoms with Crippen LogP contribution in [0.4, 0.5) is 0 Å². The van der Waals surface area contributed by atoms with E-state index >= 15 is 0 Å². The average molecular weight is 319 g/mol. The predicted octanol–water partition coefficient (Wildman–Crippen LogP) is 1.50. The summed E-state index contributed by atoms with van der Waals surface area (Å²) >= 11 is 0. The van der Waals surface area contributed by atoms with Crippen LogP contribution in [0.1, 0.15) is 24.3 Å². The number of nitrogens with zero attached hydrogens (tertiary/aromatic N) is 1. The molecule has 124 valence electrons. The van der Waals surface area contributed by atoms with Crippen molar-refractivity contribution >= 4 is 11.9 Å². The third-order valence-electron chi connectivity index (χ3n) is 4.80. The maximum atomic E-state index is 12.9. The lowest BCUT2D eigenvalue weighted by molar-refractivity contribution is -0.151. The topological polar surface area (TPSA) is 76.1 Å². The van der Waals surface area contributed by atoms with Gasteiger partial charge in [0.05, 0.1) is 19.1 Å². The third-order valence-corrected chi connectivity index (χ3v) is 4.80. The molecule has 0 saturated carbocycles. The maximum absolute atomic E-state index is 12.9. The van der Waals surface area contributed by atoms with Gasteiger partial charge in [-0.25, -0.2) is 0 Å². The molecule has 6 nitrogen and oxygen atoms in total. The summed E-state index contributed by atoms with van der Waals surface area (Å²) in [6.07, 6.45) is 1.05. The van der Waals surface area contributed by atoms with Crippen molar-refractivity contribution in [2.24, 2.45) is 5.41 Å². The number of hydrogen-bond donors (Lipinski definition) is 1. The van der Waals surface area contributed by atoms with Crippen molar-refractivity contribution in [3.63, 3.8) is 0 Å². The van der Waals surface area contributed by atoms with E-state index in [1.807, 2.05) is 24.3 Å². The fraction of sp³-hybridized carbons (Fsp3) is 0.529. The minimum atomic E-state index is -0.991.